The largest absolute Gasteiger partial charge is 0.295 e. The molecular weight excluding hydrogens is 176 g/mol. The first kappa shape index (κ1) is 11.1. The molecule has 11 heavy (non-hydrogen) atoms. The van der Waals surface area contributed by atoms with Crippen LogP contribution in [0, 0.1) is 5.92 Å². The smallest absolute Gasteiger partial charge is 0.159 e. The van der Waals surface area contributed by atoms with Crippen molar-refractivity contribution in [2.75, 3.05) is 12.5 Å². The van der Waals surface area contributed by atoms with Crippen molar-refractivity contribution in [3.05, 3.63) is 10.3 Å². The minimum absolute atomic E-state index is 0.115. The summed E-state index contributed by atoms with van der Waals surface area (Å²) in [7, 11) is 0. The molecule has 0 saturated heterocycles. The van der Waals surface area contributed by atoms with E-state index in [2.05, 4.69) is 0 Å². The molecule has 0 amide bonds. The monoisotopic (exact) mass is 190 g/mol. The summed E-state index contributed by atoms with van der Waals surface area (Å²) in [5.41, 5.74) is 0. The third-order valence-electron chi connectivity index (χ3n) is 1.23. The highest BCUT2D eigenvalue weighted by Gasteiger charge is 2.04. The van der Waals surface area contributed by atoms with Gasteiger partial charge in [0.2, 0.25) is 0 Å². The highest BCUT2D eigenvalue weighted by Crippen LogP contribution is 2.23. The lowest BCUT2D eigenvalue weighted by molar-refractivity contribution is -0.117. The molecule has 1 nitrogen and oxygen atoms in total. The van der Waals surface area contributed by atoms with E-state index in [0.29, 0.717) is 0 Å². The first-order valence-corrected chi connectivity index (χ1v) is 5.90. The number of ketones is 1. The lowest BCUT2D eigenvalue weighted by atomic mass is 10.1. The summed E-state index contributed by atoms with van der Waals surface area (Å²) in [5, 5.41) is 0. The number of hydrogen-bond acceptors (Lipinski definition) is 3. The van der Waals surface area contributed by atoms with Crippen LogP contribution in [0.25, 0.3) is 0 Å². The number of carbonyl (C=O) groups is 1. The molecule has 0 radical (unpaired) electrons. The van der Waals surface area contributed by atoms with E-state index in [1.165, 1.54) is 0 Å². The van der Waals surface area contributed by atoms with Crippen LogP contribution >= 0.6 is 23.5 Å². The predicted octanol–water partition coefficient (Wildman–Crippen LogP) is 2.78. The number of hydrogen-bond donors (Lipinski definition) is 0. The molecule has 0 saturated carbocycles. The van der Waals surface area contributed by atoms with Gasteiger partial charge in [-0.2, -0.15) is 0 Å². The Kier molecular flexibility index (Phi) is 5.78. The minimum atomic E-state index is 0.115. The van der Waals surface area contributed by atoms with Crippen molar-refractivity contribution in [2.24, 2.45) is 5.92 Å². The lowest BCUT2D eigenvalue weighted by Crippen LogP contribution is -2.02. The van der Waals surface area contributed by atoms with E-state index in [-0.39, 0.29) is 11.7 Å². The number of carbonyl (C=O) groups excluding carboxylic acids is 1. The molecule has 3 heteroatoms. The van der Waals surface area contributed by atoms with Crippen LogP contribution in [0.1, 0.15) is 13.8 Å². The van der Waals surface area contributed by atoms with Crippen molar-refractivity contribution in [1.29, 1.82) is 0 Å². The van der Waals surface area contributed by atoms with Gasteiger partial charge in [0.25, 0.3) is 0 Å². The fourth-order valence-corrected chi connectivity index (χ4v) is 1.62. The van der Waals surface area contributed by atoms with Crippen molar-refractivity contribution >= 4 is 29.3 Å². The molecule has 0 unspecified atom stereocenters. The van der Waals surface area contributed by atoms with Gasteiger partial charge < -0.3 is 0 Å². The standard InChI is InChI=1S/C8H14OS2/c1-6(2)7(9)5-8(10-3)11-4/h5-6H,1-4H3. The van der Waals surface area contributed by atoms with Gasteiger partial charge in [-0.1, -0.05) is 13.8 Å². The van der Waals surface area contributed by atoms with Crippen LogP contribution in [0.3, 0.4) is 0 Å². The molecule has 0 aromatic carbocycles. The number of allylic oxidation sites excluding steroid dienone is 1. The van der Waals surface area contributed by atoms with E-state index in [0.717, 1.165) is 4.24 Å². The highest BCUT2D eigenvalue weighted by molar-refractivity contribution is 8.21. The average molecular weight is 190 g/mol. The molecule has 0 heterocycles. The second kappa shape index (κ2) is 5.72. The molecule has 0 N–H and O–H groups in total. The molecule has 0 fully saturated rings. The maximum Gasteiger partial charge on any atom is 0.159 e. The van der Waals surface area contributed by atoms with E-state index in [4.69, 9.17) is 0 Å². The zero-order valence-electron chi connectivity index (χ0n) is 7.38. The summed E-state index contributed by atoms with van der Waals surface area (Å²) >= 11 is 3.24. The van der Waals surface area contributed by atoms with Crippen molar-refractivity contribution < 1.29 is 4.79 Å². The SMILES string of the molecule is CSC(=CC(=O)C(C)C)SC. The van der Waals surface area contributed by atoms with Crippen LogP contribution in [0.15, 0.2) is 10.3 Å². The second-order valence-corrected chi connectivity index (χ2v) is 4.38. The molecule has 64 valence electrons. The Labute approximate surface area is 77.0 Å². The van der Waals surface area contributed by atoms with Crippen LogP contribution in [-0.2, 0) is 4.79 Å². The molecular formula is C8H14OS2. The van der Waals surface area contributed by atoms with Crippen LogP contribution < -0.4 is 0 Å². The predicted molar refractivity (Wildman–Crippen MR) is 55.0 cm³/mol. The molecule has 0 atom stereocenters. The second-order valence-electron chi connectivity index (χ2n) is 2.43. The fourth-order valence-electron chi connectivity index (χ4n) is 0.484. The maximum absolute atomic E-state index is 11.2. The Morgan fingerprint density at radius 1 is 1.27 bits per heavy atom. The van der Waals surface area contributed by atoms with Gasteiger partial charge in [-0.25, -0.2) is 0 Å². The first-order valence-electron chi connectivity index (χ1n) is 3.45. The van der Waals surface area contributed by atoms with E-state index in [9.17, 15) is 4.79 Å². The van der Waals surface area contributed by atoms with Gasteiger partial charge in [-0.15, -0.1) is 23.5 Å². The average Bonchev–Trinajstić information content (AvgIpc) is 1.99. The molecule has 0 spiro atoms. The van der Waals surface area contributed by atoms with Gasteiger partial charge in [0.15, 0.2) is 5.78 Å². The third kappa shape index (κ3) is 4.53. The Balaban J connectivity index is 4.15. The van der Waals surface area contributed by atoms with Crippen molar-refractivity contribution in [1.82, 2.24) is 0 Å². The quantitative estimate of drug-likeness (QED) is 0.635. The Morgan fingerprint density at radius 2 is 1.73 bits per heavy atom. The molecule has 0 aromatic heterocycles. The van der Waals surface area contributed by atoms with E-state index in [1.54, 1.807) is 29.6 Å². The zero-order valence-corrected chi connectivity index (χ0v) is 9.01. The van der Waals surface area contributed by atoms with Crippen molar-refractivity contribution in [2.45, 2.75) is 13.8 Å². The highest BCUT2D eigenvalue weighted by atomic mass is 32.2. The maximum atomic E-state index is 11.2. The van der Waals surface area contributed by atoms with E-state index < -0.39 is 0 Å². The molecule has 0 aromatic rings. The van der Waals surface area contributed by atoms with E-state index in [1.807, 2.05) is 26.4 Å². The van der Waals surface area contributed by atoms with Gasteiger partial charge in [0.1, 0.15) is 0 Å². The lowest BCUT2D eigenvalue weighted by Gasteiger charge is -2.00. The molecule has 0 aliphatic rings. The first-order chi connectivity index (χ1) is 5.11. The number of rotatable bonds is 4. The minimum Gasteiger partial charge on any atom is -0.295 e. The zero-order chi connectivity index (χ0) is 8.85. The van der Waals surface area contributed by atoms with Gasteiger partial charge in [-0.05, 0) is 12.5 Å². The summed E-state index contributed by atoms with van der Waals surface area (Å²) < 4.78 is 1.09. The fraction of sp³-hybridized carbons (Fsp3) is 0.625. The van der Waals surface area contributed by atoms with Crippen LogP contribution in [-0.4, -0.2) is 18.3 Å². The summed E-state index contributed by atoms with van der Waals surface area (Å²) in [4.78, 5) is 11.2. The van der Waals surface area contributed by atoms with Crippen LogP contribution in [0.4, 0.5) is 0 Å². The van der Waals surface area contributed by atoms with E-state index >= 15 is 0 Å². The topological polar surface area (TPSA) is 17.1 Å². The van der Waals surface area contributed by atoms with Gasteiger partial charge in [-0.3, -0.25) is 4.79 Å². The van der Waals surface area contributed by atoms with Gasteiger partial charge >= 0.3 is 0 Å². The van der Waals surface area contributed by atoms with Gasteiger partial charge in [0.05, 0.1) is 0 Å². The Morgan fingerprint density at radius 3 is 2.00 bits per heavy atom. The van der Waals surface area contributed by atoms with Crippen LogP contribution in [0.2, 0.25) is 0 Å². The molecule has 0 rings (SSSR count). The summed E-state index contributed by atoms with van der Waals surface area (Å²) in [5.74, 6) is 0.327. The molecule has 0 aliphatic carbocycles. The van der Waals surface area contributed by atoms with Crippen LogP contribution in [0.5, 0.6) is 0 Å². The molecule has 0 bridgehead atoms. The summed E-state index contributed by atoms with van der Waals surface area (Å²) in [6.45, 7) is 3.83. The van der Waals surface area contributed by atoms with Crippen molar-refractivity contribution in [3.63, 3.8) is 0 Å². The Bertz CT molecular complexity index is 155. The van der Waals surface area contributed by atoms with Crippen molar-refractivity contribution in [3.8, 4) is 0 Å². The summed E-state index contributed by atoms with van der Waals surface area (Å²) in [6.07, 6.45) is 5.69. The third-order valence-corrected chi connectivity index (χ3v) is 3.27. The molecule has 0 aliphatic heterocycles. The number of thioether (sulfide) groups is 2. The summed E-state index contributed by atoms with van der Waals surface area (Å²) in [6, 6.07) is 0. The Hall–Kier alpha value is 0.110. The normalized spacial score (nSPS) is 9.91. The van der Waals surface area contributed by atoms with Gasteiger partial charge in [0, 0.05) is 16.2 Å².